The molecule has 1 aromatic carbocycles. The second-order valence-corrected chi connectivity index (χ2v) is 7.78. The van der Waals surface area contributed by atoms with Gasteiger partial charge in [-0.3, -0.25) is 0 Å². The number of nitrogens with zero attached hydrogens (tertiary/aromatic N) is 1. The van der Waals surface area contributed by atoms with Gasteiger partial charge in [-0.05, 0) is 55.5 Å². The molecule has 0 bridgehead atoms. The predicted octanol–water partition coefficient (Wildman–Crippen LogP) is 5.20. The maximum absolute atomic E-state index is 12.4. The summed E-state index contributed by atoms with van der Waals surface area (Å²) in [6.45, 7) is 1.12. The first kappa shape index (κ1) is 22.8. The van der Waals surface area contributed by atoms with E-state index in [1.807, 2.05) is 24.3 Å². The number of methoxy groups -OCH3 is 1. The van der Waals surface area contributed by atoms with Crippen molar-refractivity contribution in [3.63, 3.8) is 0 Å². The van der Waals surface area contributed by atoms with Crippen molar-refractivity contribution in [2.75, 3.05) is 13.7 Å². The summed E-state index contributed by atoms with van der Waals surface area (Å²) >= 11 is 0. The monoisotopic (exact) mass is 421 g/mol. The molecule has 2 aromatic rings. The van der Waals surface area contributed by atoms with Gasteiger partial charge in [0.1, 0.15) is 11.4 Å². The number of hydrogen-bond acceptors (Lipinski definition) is 5. The number of ether oxygens (including phenoxy) is 3. The number of carbonyl (C=O) groups excluding carboxylic acids is 1. The van der Waals surface area contributed by atoms with Crippen LogP contribution in [0.2, 0.25) is 0 Å². The molecule has 5 nitrogen and oxygen atoms in total. The van der Waals surface area contributed by atoms with E-state index < -0.39 is 12.1 Å². The lowest BCUT2D eigenvalue weighted by molar-refractivity contribution is 0.0360. The number of carbonyl (C=O) groups is 1. The predicted molar refractivity (Wildman–Crippen MR) is 120 cm³/mol. The Morgan fingerprint density at radius 1 is 1.13 bits per heavy atom. The van der Waals surface area contributed by atoms with Gasteiger partial charge in [0.25, 0.3) is 0 Å². The third-order valence-electron chi connectivity index (χ3n) is 5.36. The Morgan fingerprint density at radius 3 is 2.65 bits per heavy atom. The molecule has 0 saturated heterocycles. The molecule has 1 fully saturated rings. The lowest BCUT2D eigenvalue weighted by Crippen LogP contribution is -2.19. The first-order valence-corrected chi connectivity index (χ1v) is 11.1. The fourth-order valence-electron chi connectivity index (χ4n) is 3.57. The number of esters is 1. The van der Waals surface area contributed by atoms with Gasteiger partial charge in [-0.25, -0.2) is 9.78 Å². The van der Waals surface area contributed by atoms with E-state index in [0.29, 0.717) is 31.2 Å². The molecular weight excluding hydrogens is 390 g/mol. The van der Waals surface area contributed by atoms with Gasteiger partial charge in [-0.15, -0.1) is 0 Å². The van der Waals surface area contributed by atoms with Crippen molar-refractivity contribution in [3.05, 3.63) is 59.9 Å². The van der Waals surface area contributed by atoms with Crippen molar-refractivity contribution in [1.29, 1.82) is 0 Å². The summed E-state index contributed by atoms with van der Waals surface area (Å²) in [5, 5.41) is 0. The molecule has 1 saturated carbocycles. The van der Waals surface area contributed by atoms with Crippen molar-refractivity contribution in [2.24, 2.45) is 5.92 Å². The van der Waals surface area contributed by atoms with Crippen molar-refractivity contribution in [2.45, 2.75) is 57.7 Å². The maximum Gasteiger partial charge on any atom is 0.358 e. The Balaban J connectivity index is 1.49. The zero-order valence-corrected chi connectivity index (χ0v) is 18.2. The third kappa shape index (κ3) is 8.07. The molecule has 3 rings (SSSR count). The zero-order chi connectivity index (χ0) is 21.7. The molecule has 164 valence electrons. The Labute approximate surface area is 185 Å². The summed E-state index contributed by atoms with van der Waals surface area (Å²) in [6.07, 6.45) is 8.58. The maximum atomic E-state index is 12.4. The van der Waals surface area contributed by atoms with Crippen LogP contribution in [0.15, 0.2) is 48.7 Å². The van der Waals surface area contributed by atoms with Crippen molar-refractivity contribution in [3.8, 4) is 17.6 Å². The fourth-order valence-corrected chi connectivity index (χ4v) is 3.57. The average molecular weight is 422 g/mol. The van der Waals surface area contributed by atoms with Crippen molar-refractivity contribution >= 4 is 5.97 Å². The van der Waals surface area contributed by atoms with Crippen LogP contribution >= 0.6 is 0 Å². The normalized spacial score (nSPS) is 14.9. The standard InChI is InChI=1S/C26H31NO4/c1-29-23-15-13-22(14-16-23)20-30-19-7-10-24(17-12-21-8-3-2-4-9-21)31-26(28)25-11-5-6-18-27-25/h5-6,11,13-16,18,21,24H,2-4,7-10,19-20H2,1H3/t24-/m0/s1. The summed E-state index contributed by atoms with van der Waals surface area (Å²) < 4.78 is 16.6. The average Bonchev–Trinajstić information content (AvgIpc) is 2.83. The molecular formula is C26H31NO4. The van der Waals surface area contributed by atoms with E-state index in [9.17, 15) is 4.79 Å². The topological polar surface area (TPSA) is 57.7 Å². The van der Waals surface area contributed by atoms with Gasteiger partial charge in [-0.2, -0.15) is 0 Å². The Bertz CT molecular complexity index is 848. The number of benzene rings is 1. The Kier molecular flexibility index (Phi) is 9.40. The van der Waals surface area contributed by atoms with Crippen molar-refractivity contribution < 1.29 is 19.0 Å². The molecule has 1 aromatic heterocycles. The molecule has 5 heteroatoms. The highest BCUT2D eigenvalue weighted by molar-refractivity contribution is 5.87. The van der Waals surface area contributed by atoms with Gasteiger partial charge in [0.2, 0.25) is 0 Å². The summed E-state index contributed by atoms with van der Waals surface area (Å²) in [7, 11) is 1.65. The molecule has 0 unspecified atom stereocenters. The highest BCUT2D eigenvalue weighted by atomic mass is 16.5. The molecule has 1 aliphatic carbocycles. The lowest BCUT2D eigenvalue weighted by atomic mass is 9.89. The fraction of sp³-hybridized carbons (Fsp3) is 0.462. The van der Waals surface area contributed by atoms with Gasteiger partial charge in [0, 0.05) is 18.7 Å². The molecule has 0 amide bonds. The quantitative estimate of drug-likeness (QED) is 0.317. The van der Waals surface area contributed by atoms with E-state index in [1.165, 1.54) is 19.3 Å². The van der Waals surface area contributed by atoms with E-state index >= 15 is 0 Å². The molecule has 1 heterocycles. The van der Waals surface area contributed by atoms with E-state index in [0.717, 1.165) is 30.6 Å². The van der Waals surface area contributed by atoms with Gasteiger partial charge >= 0.3 is 5.97 Å². The molecule has 31 heavy (non-hydrogen) atoms. The van der Waals surface area contributed by atoms with Crippen LogP contribution in [0.25, 0.3) is 0 Å². The van der Waals surface area contributed by atoms with Gasteiger partial charge < -0.3 is 14.2 Å². The first-order valence-electron chi connectivity index (χ1n) is 11.1. The largest absolute Gasteiger partial charge is 0.497 e. The molecule has 0 N–H and O–H groups in total. The Morgan fingerprint density at radius 2 is 1.94 bits per heavy atom. The first-order chi connectivity index (χ1) is 15.2. The second kappa shape index (κ2) is 12.8. The molecule has 1 aliphatic rings. The van der Waals surface area contributed by atoms with Crippen LogP contribution in [0.4, 0.5) is 0 Å². The molecule has 0 radical (unpaired) electrons. The minimum absolute atomic E-state index is 0.308. The van der Waals surface area contributed by atoms with Crippen LogP contribution in [0, 0.1) is 17.8 Å². The van der Waals surface area contributed by atoms with Gasteiger partial charge in [0.05, 0.1) is 13.7 Å². The smallest absolute Gasteiger partial charge is 0.358 e. The number of aromatic nitrogens is 1. The van der Waals surface area contributed by atoms with Crippen LogP contribution in [-0.4, -0.2) is 30.8 Å². The van der Waals surface area contributed by atoms with Crippen LogP contribution in [0.5, 0.6) is 5.75 Å². The van der Waals surface area contributed by atoms with Crippen molar-refractivity contribution in [1.82, 2.24) is 4.98 Å². The van der Waals surface area contributed by atoms with Crippen LogP contribution in [0.3, 0.4) is 0 Å². The van der Waals surface area contributed by atoms with Gasteiger partial charge in [-0.1, -0.05) is 49.3 Å². The van der Waals surface area contributed by atoms with E-state index in [-0.39, 0.29) is 0 Å². The summed E-state index contributed by atoms with van der Waals surface area (Å²) in [6, 6.07) is 13.0. The Hall–Kier alpha value is -2.84. The van der Waals surface area contributed by atoms with E-state index in [2.05, 4.69) is 16.8 Å². The minimum Gasteiger partial charge on any atom is -0.497 e. The molecule has 0 aliphatic heterocycles. The second-order valence-electron chi connectivity index (χ2n) is 7.78. The lowest BCUT2D eigenvalue weighted by Gasteiger charge is -2.17. The van der Waals surface area contributed by atoms with Gasteiger partial charge in [0.15, 0.2) is 6.10 Å². The SMILES string of the molecule is COc1ccc(COCCC[C@@H](C#CC2CCCCC2)OC(=O)c2ccccn2)cc1. The summed E-state index contributed by atoms with van der Waals surface area (Å²) in [5.74, 6) is 7.39. The summed E-state index contributed by atoms with van der Waals surface area (Å²) in [4.78, 5) is 16.5. The minimum atomic E-state index is -0.444. The van der Waals surface area contributed by atoms with E-state index in [4.69, 9.17) is 14.2 Å². The van der Waals surface area contributed by atoms with Crippen LogP contribution < -0.4 is 4.74 Å². The zero-order valence-electron chi connectivity index (χ0n) is 18.2. The third-order valence-corrected chi connectivity index (χ3v) is 5.36. The summed E-state index contributed by atoms with van der Waals surface area (Å²) in [5.41, 5.74) is 1.40. The van der Waals surface area contributed by atoms with Crippen LogP contribution in [0.1, 0.15) is 61.0 Å². The molecule has 0 spiro atoms. The highest BCUT2D eigenvalue weighted by Gasteiger charge is 2.16. The number of rotatable bonds is 9. The molecule has 1 atom stereocenters. The van der Waals surface area contributed by atoms with E-state index in [1.54, 1.807) is 31.5 Å². The van der Waals surface area contributed by atoms with Crippen LogP contribution in [-0.2, 0) is 16.1 Å². The highest BCUT2D eigenvalue weighted by Crippen LogP contribution is 2.23. The number of hydrogen-bond donors (Lipinski definition) is 0. The number of pyridine rings is 1.